The maximum atomic E-state index is 13.8. The van der Waals surface area contributed by atoms with Gasteiger partial charge in [-0.2, -0.15) is 23.4 Å². The third-order valence-electron chi connectivity index (χ3n) is 7.38. The monoisotopic (exact) mass is 574 g/mol. The molecular formula is C28H37F3N8O2. The number of likely N-dealkylation sites (N-methyl/N-ethyl adjacent to an activating group) is 1. The predicted molar refractivity (Wildman–Crippen MR) is 150 cm³/mol. The van der Waals surface area contributed by atoms with Crippen molar-refractivity contribution in [2.45, 2.75) is 38.3 Å². The molecule has 1 amide bonds. The third-order valence-corrected chi connectivity index (χ3v) is 7.38. The van der Waals surface area contributed by atoms with Crippen LogP contribution in [0.4, 0.5) is 36.3 Å². The quantitative estimate of drug-likeness (QED) is 0.432. The van der Waals surface area contributed by atoms with E-state index in [-0.39, 0.29) is 24.2 Å². The van der Waals surface area contributed by atoms with Gasteiger partial charge in [-0.15, -0.1) is 0 Å². The Balaban J connectivity index is 1.53. The molecule has 10 nitrogen and oxygen atoms in total. The lowest BCUT2D eigenvalue weighted by Crippen LogP contribution is -2.44. The van der Waals surface area contributed by atoms with E-state index in [9.17, 15) is 23.2 Å². The number of alkyl halides is 3. The minimum absolute atomic E-state index is 0.0253. The lowest BCUT2D eigenvalue weighted by Gasteiger charge is -2.35. The SMILES string of the molecule is CN1CCN(c2ccc(Nc3ncc(C(F)(F)F)c(NCCCN4CCOCCC4=O)n3)c(C(C)(C)C#N)c2)CC1. The fourth-order valence-electron chi connectivity index (χ4n) is 4.82. The number of hydrogen-bond donors (Lipinski definition) is 2. The molecule has 1 aromatic heterocycles. The molecule has 0 unspecified atom stereocenters. The van der Waals surface area contributed by atoms with E-state index in [4.69, 9.17) is 4.74 Å². The van der Waals surface area contributed by atoms with Crippen molar-refractivity contribution in [3.05, 3.63) is 35.5 Å². The van der Waals surface area contributed by atoms with Gasteiger partial charge in [0.05, 0.1) is 31.1 Å². The summed E-state index contributed by atoms with van der Waals surface area (Å²) in [7, 11) is 2.08. The number of benzene rings is 1. The van der Waals surface area contributed by atoms with E-state index < -0.39 is 17.2 Å². The number of halogens is 3. The fraction of sp³-hybridized carbons (Fsp3) is 0.571. The highest BCUT2D eigenvalue weighted by atomic mass is 19.4. The zero-order chi connectivity index (χ0) is 29.6. The molecule has 2 aromatic rings. The predicted octanol–water partition coefficient (Wildman–Crippen LogP) is 3.84. The number of amides is 1. The highest BCUT2D eigenvalue weighted by Gasteiger charge is 2.35. The van der Waals surface area contributed by atoms with E-state index in [0.29, 0.717) is 50.4 Å². The summed E-state index contributed by atoms with van der Waals surface area (Å²) in [5, 5.41) is 15.7. The molecule has 41 heavy (non-hydrogen) atoms. The molecule has 0 aliphatic carbocycles. The van der Waals surface area contributed by atoms with Gasteiger partial charge in [0, 0.05) is 63.4 Å². The molecular weight excluding hydrogens is 537 g/mol. The van der Waals surface area contributed by atoms with E-state index in [1.807, 2.05) is 18.2 Å². The second-order valence-electron chi connectivity index (χ2n) is 10.9. The average Bonchev–Trinajstić information content (AvgIpc) is 3.15. The molecule has 2 saturated heterocycles. The molecule has 4 rings (SSSR count). The molecule has 13 heteroatoms. The van der Waals surface area contributed by atoms with Crippen LogP contribution in [0, 0.1) is 11.3 Å². The topological polar surface area (TPSA) is 110 Å². The summed E-state index contributed by atoms with van der Waals surface area (Å²) < 4.78 is 46.6. The van der Waals surface area contributed by atoms with E-state index in [1.54, 1.807) is 18.7 Å². The number of carbonyl (C=O) groups is 1. The molecule has 0 atom stereocenters. The van der Waals surface area contributed by atoms with Crippen LogP contribution in [0.3, 0.4) is 0 Å². The maximum Gasteiger partial charge on any atom is 0.421 e. The first-order chi connectivity index (χ1) is 19.5. The van der Waals surface area contributed by atoms with Gasteiger partial charge in [-0.05, 0) is 51.1 Å². The summed E-state index contributed by atoms with van der Waals surface area (Å²) in [4.78, 5) is 26.4. The third kappa shape index (κ3) is 7.77. The van der Waals surface area contributed by atoms with Gasteiger partial charge >= 0.3 is 6.18 Å². The molecule has 2 aliphatic heterocycles. The number of carbonyl (C=O) groups excluding carboxylic acids is 1. The van der Waals surface area contributed by atoms with Gasteiger partial charge in [0.1, 0.15) is 11.4 Å². The minimum atomic E-state index is -4.66. The number of rotatable bonds is 9. The van der Waals surface area contributed by atoms with Crippen LogP contribution >= 0.6 is 0 Å². The zero-order valence-corrected chi connectivity index (χ0v) is 23.7. The Morgan fingerprint density at radius 1 is 1.10 bits per heavy atom. The van der Waals surface area contributed by atoms with Gasteiger partial charge in [-0.1, -0.05) is 0 Å². The Bertz CT molecular complexity index is 1260. The van der Waals surface area contributed by atoms with Crippen molar-refractivity contribution >= 4 is 29.0 Å². The Morgan fingerprint density at radius 3 is 2.56 bits per heavy atom. The molecule has 3 heterocycles. The van der Waals surface area contributed by atoms with Crippen LogP contribution in [-0.2, 0) is 21.1 Å². The standard InChI is InChI=1S/C28H37F3N8O2/c1-27(2,19-32)21-17-20(38-12-10-37(3)11-13-38)5-6-23(21)35-26-34-18-22(28(29,30)31)25(36-26)33-8-4-9-39-14-16-41-15-7-24(39)40/h5-6,17-18H,4,7-16H2,1-3H3,(H2,33,34,35,36). The number of nitrogens with zero attached hydrogens (tertiary/aromatic N) is 6. The molecule has 2 aliphatic rings. The number of anilines is 4. The zero-order valence-electron chi connectivity index (χ0n) is 23.7. The first-order valence-corrected chi connectivity index (χ1v) is 13.8. The number of nitriles is 1. The van der Waals surface area contributed by atoms with Gasteiger partial charge in [-0.3, -0.25) is 4.79 Å². The molecule has 2 fully saturated rings. The highest BCUT2D eigenvalue weighted by Crippen LogP contribution is 2.37. The number of ether oxygens (including phenoxy) is 1. The van der Waals surface area contributed by atoms with Crippen molar-refractivity contribution in [2.24, 2.45) is 0 Å². The molecule has 0 bridgehead atoms. The maximum absolute atomic E-state index is 13.8. The second kappa shape index (κ2) is 12.9. The van der Waals surface area contributed by atoms with Crippen molar-refractivity contribution in [1.29, 1.82) is 5.26 Å². The van der Waals surface area contributed by atoms with Crippen molar-refractivity contribution in [3.63, 3.8) is 0 Å². The largest absolute Gasteiger partial charge is 0.421 e. The van der Waals surface area contributed by atoms with Crippen LogP contribution in [0.15, 0.2) is 24.4 Å². The Hall–Kier alpha value is -3.63. The van der Waals surface area contributed by atoms with Crippen molar-refractivity contribution in [1.82, 2.24) is 19.8 Å². The smallest absolute Gasteiger partial charge is 0.379 e. The van der Waals surface area contributed by atoms with Crippen LogP contribution < -0.4 is 15.5 Å². The number of nitrogens with one attached hydrogen (secondary N) is 2. The molecule has 222 valence electrons. The lowest BCUT2D eigenvalue weighted by atomic mass is 9.84. The van der Waals surface area contributed by atoms with Crippen molar-refractivity contribution in [3.8, 4) is 6.07 Å². The van der Waals surface area contributed by atoms with Crippen LogP contribution in [0.1, 0.15) is 37.8 Å². The summed E-state index contributed by atoms with van der Waals surface area (Å²) in [5.41, 5.74) is 0.355. The number of hydrogen-bond acceptors (Lipinski definition) is 9. The van der Waals surface area contributed by atoms with Crippen LogP contribution in [0.5, 0.6) is 0 Å². The molecule has 1 aromatic carbocycles. The van der Waals surface area contributed by atoms with E-state index >= 15 is 0 Å². The van der Waals surface area contributed by atoms with Gasteiger partial charge in [-0.25, -0.2) is 4.98 Å². The summed E-state index contributed by atoms with van der Waals surface area (Å²) in [6, 6.07) is 8.03. The molecule has 0 spiro atoms. The van der Waals surface area contributed by atoms with Gasteiger partial charge in [0.25, 0.3) is 0 Å². The fourth-order valence-corrected chi connectivity index (χ4v) is 4.82. The Morgan fingerprint density at radius 2 is 1.85 bits per heavy atom. The van der Waals surface area contributed by atoms with Crippen molar-refractivity contribution < 1.29 is 22.7 Å². The van der Waals surface area contributed by atoms with Crippen LogP contribution in [0.25, 0.3) is 0 Å². The molecule has 2 N–H and O–H groups in total. The summed E-state index contributed by atoms with van der Waals surface area (Å²) in [6.45, 7) is 9.01. The first-order valence-electron chi connectivity index (χ1n) is 13.8. The van der Waals surface area contributed by atoms with Gasteiger partial charge in [0.15, 0.2) is 0 Å². The van der Waals surface area contributed by atoms with Gasteiger partial charge in [0.2, 0.25) is 11.9 Å². The Labute approximate surface area is 238 Å². The highest BCUT2D eigenvalue weighted by molar-refractivity contribution is 5.76. The normalized spacial score (nSPS) is 17.2. The second-order valence-corrected chi connectivity index (χ2v) is 10.9. The van der Waals surface area contributed by atoms with Crippen LogP contribution in [0.2, 0.25) is 0 Å². The lowest BCUT2D eigenvalue weighted by molar-refractivity contribution is -0.137. The van der Waals surface area contributed by atoms with E-state index in [2.05, 4.69) is 43.5 Å². The first kappa shape index (κ1) is 30.3. The Kier molecular flexibility index (Phi) is 9.55. The van der Waals surface area contributed by atoms with E-state index in [0.717, 1.165) is 38.1 Å². The summed E-state index contributed by atoms with van der Waals surface area (Å²) >= 11 is 0. The van der Waals surface area contributed by atoms with E-state index in [1.165, 1.54) is 0 Å². The minimum Gasteiger partial charge on any atom is -0.379 e. The number of piperazine rings is 1. The average molecular weight is 575 g/mol. The number of aromatic nitrogens is 2. The summed E-state index contributed by atoms with van der Waals surface area (Å²) in [5.74, 6) is -0.403. The summed E-state index contributed by atoms with van der Waals surface area (Å²) in [6.07, 6.45) is -3.17. The van der Waals surface area contributed by atoms with Crippen LogP contribution in [-0.4, -0.2) is 91.7 Å². The van der Waals surface area contributed by atoms with Gasteiger partial charge < -0.3 is 30.1 Å². The van der Waals surface area contributed by atoms with Crippen molar-refractivity contribution in [2.75, 3.05) is 81.6 Å². The molecule has 0 radical (unpaired) electrons. The molecule has 0 saturated carbocycles.